The molecule has 21 heavy (non-hydrogen) atoms. The normalized spacial score (nSPS) is 17.0. The first-order valence-electron chi connectivity index (χ1n) is 7.11. The van der Waals surface area contributed by atoms with Gasteiger partial charge in [0.25, 0.3) is 0 Å². The molecule has 1 aliphatic rings. The van der Waals surface area contributed by atoms with Crippen molar-refractivity contribution in [3.63, 3.8) is 0 Å². The van der Waals surface area contributed by atoms with Crippen molar-refractivity contribution in [3.05, 3.63) is 16.1 Å². The molecule has 0 atom stereocenters. The summed E-state index contributed by atoms with van der Waals surface area (Å²) in [5, 5.41) is 10.9. The molecule has 1 saturated carbocycles. The van der Waals surface area contributed by atoms with Gasteiger partial charge in [-0.3, -0.25) is 0 Å². The summed E-state index contributed by atoms with van der Waals surface area (Å²) in [6.45, 7) is 0.266. The number of rotatable bonds is 7. The minimum Gasteiger partial charge on any atom is -0.476 e. The zero-order valence-corrected chi connectivity index (χ0v) is 13.4. The molecule has 0 bridgehead atoms. The van der Waals surface area contributed by atoms with Gasteiger partial charge in [-0.05, 0) is 18.8 Å². The van der Waals surface area contributed by atoms with Crippen molar-refractivity contribution >= 4 is 27.3 Å². The van der Waals surface area contributed by atoms with E-state index in [1.165, 1.54) is 23.1 Å². The molecule has 1 aliphatic carbocycles. The van der Waals surface area contributed by atoms with Crippen LogP contribution in [0.4, 0.5) is 0 Å². The molecule has 0 spiro atoms. The van der Waals surface area contributed by atoms with E-state index in [1.54, 1.807) is 0 Å². The summed E-state index contributed by atoms with van der Waals surface area (Å²) >= 11 is 1.24. The van der Waals surface area contributed by atoms with E-state index in [4.69, 9.17) is 5.11 Å². The molecule has 2 N–H and O–H groups in total. The average Bonchev–Trinajstić information content (AvgIpc) is 2.88. The van der Waals surface area contributed by atoms with Crippen LogP contribution in [0.5, 0.6) is 0 Å². The quantitative estimate of drug-likeness (QED) is 0.795. The summed E-state index contributed by atoms with van der Waals surface area (Å²) in [6.07, 6.45) is 5.86. The summed E-state index contributed by atoms with van der Waals surface area (Å²) in [6, 6.07) is 0. The molecule has 2 rings (SSSR count). The van der Waals surface area contributed by atoms with Gasteiger partial charge in [0.05, 0.1) is 10.8 Å². The summed E-state index contributed by atoms with van der Waals surface area (Å²) < 4.78 is 26.5. The number of hydrogen-bond donors (Lipinski definition) is 2. The van der Waals surface area contributed by atoms with Crippen LogP contribution in [-0.4, -0.2) is 36.8 Å². The Bertz CT molecular complexity index is 577. The number of sulfonamides is 1. The van der Waals surface area contributed by atoms with Crippen LogP contribution in [0, 0.1) is 5.92 Å². The Morgan fingerprint density at radius 2 is 2.10 bits per heavy atom. The highest BCUT2D eigenvalue weighted by atomic mass is 32.2. The zero-order chi connectivity index (χ0) is 15.3. The Balaban J connectivity index is 1.76. The first kappa shape index (κ1) is 16.4. The fraction of sp³-hybridized carbons (Fsp3) is 0.692. The minimum absolute atomic E-state index is 0.0139. The summed E-state index contributed by atoms with van der Waals surface area (Å²) in [5.41, 5.74) is 0.0139. The molecule has 8 heteroatoms. The van der Waals surface area contributed by atoms with Gasteiger partial charge in [0.1, 0.15) is 0 Å². The molecule has 1 aromatic heterocycles. The number of aromatic nitrogens is 1. The van der Waals surface area contributed by atoms with Gasteiger partial charge in [0, 0.05) is 18.3 Å². The Labute approximate surface area is 128 Å². The van der Waals surface area contributed by atoms with Crippen LogP contribution in [0.2, 0.25) is 0 Å². The highest BCUT2D eigenvalue weighted by Gasteiger charge is 2.21. The van der Waals surface area contributed by atoms with E-state index in [0.717, 1.165) is 25.7 Å². The van der Waals surface area contributed by atoms with Crippen molar-refractivity contribution < 1.29 is 18.3 Å². The average molecular weight is 332 g/mol. The molecular weight excluding hydrogens is 312 g/mol. The third-order valence-electron chi connectivity index (χ3n) is 3.61. The molecular formula is C13H20N2O4S2. The topological polar surface area (TPSA) is 96.4 Å². The molecule has 0 saturated heterocycles. The lowest BCUT2D eigenvalue weighted by atomic mass is 9.91. The van der Waals surface area contributed by atoms with Crippen LogP contribution in [-0.2, 0) is 16.4 Å². The molecule has 1 heterocycles. The predicted molar refractivity (Wildman–Crippen MR) is 81.1 cm³/mol. The number of aromatic carboxylic acids is 1. The van der Waals surface area contributed by atoms with E-state index >= 15 is 0 Å². The third kappa shape index (κ3) is 5.37. The first-order valence-corrected chi connectivity index (χ1v) is 9.64. The van der Waals surface area contributed by atoms with Crippen LogP contribution < -0.4 is 4.72 Å². The molecule has 1 fully saturated rings. The van der Waals surface area contributed by atoms with Gasteiger partial charge in [-0.25, -0.2) is 22.9 Å². The van der Waals surface area contributed by atoms with Crippen LogP contribution in [0.1, 0.15) is 47.6 Å². The molecule has 0 amide bonds. The Hall–Kier alpha value is -0.990. The number of hydrogen-bond acceptors (Lipinski definition) is 5. The second kappa shape index (κ2) is 7.33. The standard InChI is InChI=1S/C13H20N2O4S2/c16-13(17)11-8-20-12(15-11)6-7-14-21(18,19)9-10-4-2-1-3-5-10/h8,10,14H,1-7,9H2,(H,16,17). The second-order valence-electron chi connectivity index (χ2n) is 5.36. The molecule has 0 aliphatic heterocycles. The predicted octanol–water partition coefficient (Wildman–Crippen LogP) is 1.88. The SMILES string of the molecule is O=C(O)c1csc(CCNS(=O)(=O)CC2CCCCC2)n1. The largest absolute Gasteiger partial charge is 0.476 e. The van der Waals surface area contributed by atoms with Crippen molar-refractivity contribution in [3.8, 4) is 0 Å². The molecule has 1 aromatic rings. The number of carboxylic acids is 1. The van der Waals surface area contributed by atoms with E-state index in [9.17, 15) is 13.2 Å². The van der Waals surface area contributed by atoms with Crippen molar-refractivity contribution in [2.75, 3.05) is 12.3 Å². The van der Waals surface area contributed by atoms with Crippen molar-refractivity contribution in [1.29, 1.82) is 0 Å². The Kier molecular flexibility index (Phi) is 5.72. The lowest BCUT2D eigenvalue weighted by Gasteiger charge is -2.21. The van der Waals surface area contributed by atoms with Gasteiger partial charge in [-0.2, -0.15) is 0 Å². The molecule has 118 valence electrons. The van der Waals surface area contributed by atoms with E-state index in [1.807, 2.05) is 0 Å². The van der Waals surface area contributed by atoms with Gasteiger partial charge in [0.2, 0.25) is 10.0 Å². The fourth-order valence-electron chi connectivity index (χ4n) is 2.56. The van der Waals surface area contributed by atoms with Crippen LogP contribution in [0.15, 0.2) is 5.38 Å². The third-order valence-corrected chi connectivity index (χ3v) is 6.07. The maximum absolute atomic E-state index is 12.0. The van der Waals surface area contributed by atoms with Gasteiger partial charge in [0.15, 0.2) is 5.69 Å². The van der Waals surface area contributed by atoms with E-state index in [0.29, 0.717) is 11.4 Å². The van der Waals surface area contributed by atoms with Gasteiger partial charge < -0.3 is 5.11 Å². The number of thiazole rings is 1. The number of nitrogens with one attached hydrogen (secondary N) is 1. The van der Waals surface area contributed by atoms with Crippen LogP contribution in [0.25, 0.3) is 0 Å². The molecule has 0 radical (unpaired) electrons. The summed E-state index contributed by atoms with van der Waals surface area (Å²) in [5.74, 6) is -0.587. The van der Waals surface area contributed by atoms with Gasteiger partial charge >= 0.3 is 5.97 Å². The van der Waals surface area contributed by atoms with Crippen LogP contribution >= 0.6 is 11.3 Å². The van der Waals surface area contributed by atoms with Crippen molar-refractivity contribution in [2.24, 2.45) is 5.92 Å². The second-order valence-corrected chi connectivity index (χ2v) is 8.16. The number of carboxylic acid groups (broad SMARTS) is 1. The summed E-state index contributed by atoms with van der Waals surface area (Å²) in [7, 11) is -3.25. The lowest BCUT2D eigenvalue weighted by Crippen LogP contribution is -2.32. The number of nitrogens with zero attached hydrogens (tertiary/aromatic N) is 1. The monoisotopic (exact) mass is 332 g/mol. The lowest BCUT2D eigenvalue weighted by molar-refractivity contribution is 0.0691. The maximum atomic E-state index is 12.0. The smallest absolute Gasteiger partial charge is 0.355 e. The Morgan fingerprint density at radius 3 is 2.71 bits per heavy atom. The molecule has 0 unspecified atom stereocenters. The summed E-state index contributed by atoms with van der Waals surface area (Å²) in [4.78, 5) is 14.6. The minimum atomic E-state index is -3.25. The van der Waals surface area contributed by atoms with Crippen molar-refractivity contribution in [2.45, 2.75) is 38.5 Å². The molecule has 6 nitrogen and oxygen atoms in total. The van der Waals surface area contributed by atoms with E-state index < -0.39 is 16.0 Å². The number of carbonyl (C=O) groups is 1. The van der Waals surface area contributed by atoms with E-state index in [2.05, 4.69) is 9.71 Å². The van der Waals surface area contributed by atoms with Crippen LogP contribution in [0.3, 0.4) is 0 Å². The van der Waals surface area contributed by atoms with E-state index in [-0.39, 0.29) is 23.9 Å². The Morgan fingerprint density at radius 1 is 1.38 bits per heavy atom. The van der Waals surface area contributed by atoms with Crippen molar-refractivity contribution in [1.82, 2.24) is 9.71 Å². The maximum Gasteiger partial charge on any atom is 0.355 e. The van der Waals surface area contributed by atoms with Gasteiger partial charge in [-0.15, -0.1) is 11.3 Å². The van der Waals surface area contributed by atoms with Gasteiger partial charge in [-0.1, -0.05) is 19.3 Å². The highest BCUT2D eigenvalue weighted by molar-refractivity contribution is 7.89. The highest BCUT2D eigenvalue weighted by Crippen LogP contribution is 2.24. The zero-order valence-electron chi connectivity index (χ0n) is 11.7. The molecule has 0 aromatic carbocycles. The first-order chi connectivity index (χ1) is 9.96. The fourth-order valence-corrected chi connectivity index (χ4v) is 4.82.